The molecule has 0 radical (unpaired) electrons. The summed E-state index contributed by atoms with van der Waals surface area (Å²) in [5, 5.41) is 3.38. The van der Waals surface area contributed by atoms with Crippen molar-refractivity contribution in [1.29, 1.82) is 0 Å². The summed E-state index contributed by atoms with van der Waals surface area (Å²) in [6.07, 6.45) is 0.311. The van der Waals surface area contributed by atoms with Gasteiger partial charge in [0.25, 0.3) is 0 Å². The Hall–Kier alpha value is -0.770. The molecular formula is C11H16Cl2N2O. The Balaban J connectivity index is 0.00000225. The number of hydrogen-bond donors (Lipinski definition) is 2. The normalized spacial score (nSPS) is 11.5. The minimum absolute atomic E-state index is 0. The number of carbonyl (C=O) groups is 1. The highest BCUT2D eigenvalue weighted by molar-refractivity contribution is 6.31. The number of hydrogen-bond acceptors (Lipinski definition) is 2. The summed E-state index contributed by atoms with van der Waals surface area (Å²) in [5.41, 5.74) is 7.21. The van der Waals surface area contributed by atoms with Gasteiger partial charge in [-0.2, -0.15) is 0 Å². The van der Waals surface area contributed by atoms with E-state index in [-0.39, 0.29) is 24.4 Å². The summed E-state index contributed by atoms with van der Waals surface area (Å²) >= 11 is 5.93. The zero-order chi connectivity index (χ0) is 11.4. The van der Waals surface area contributed by atoms with Crippen LogP contribution in [0.1, 0.15) is 18.9 Å². The van der Waals surface area contributed by atoms with Gasteiger partial charge < -0.3 is 11.1 Å². The van der Waals surface area contributed by atoms with Gasteiger partial charge in [0.05, 0.1) is 0 Å². The molecule has 0 saturated carbocycles. The second kappa shape index (κ2) is 6.74. The van der Waals surface area contributed by atoms with E-state index in [1.54, 1.807) is 13.0 Å². The van der Waals surface area contributed by atoms with Crippen LogP contribution in [0.2, 0.25) is 5.02 Å². The van der Waals surface area contributed by atoms with Gasteiger partial charge in [-0.15, -0.1) is 12.4 Å². The Kier molecular flexibility index (Phi) is 6.41. The summed E-state index contributed by atoms with van der Waals surface area (Å²) in [7, 11) is 0. The molecule has 1 aromatic rings. The van der Waals surface area contributed by atoms with Crippen molar-refractivity contribution in [1.82, 2.24) is 0 Å². The molecule has 5 heteroatoms. The third-order valence-corrected chi connectivity index (χ3v) is 2.37. The van der Waals surface area contributed by atoms with Gasteiger partial charge in [-0.3, -0.25) is 4.79 Å². The van der Waals surface area contributed by atoms with Crippen molar-refractivity contribution in [2.75, 3.05) is 5.32 Å². The maximum Gasteiger partial charge on any atom is 0.225 e. The first-order valence-electron chi connectivity index (χ1n) is 4.80. The first kappa shape index (κ1) is 15.2. The molecule has 0 spiro atoms. The number of aryl methyl sites for hydroxylation is 1. The van der Waals surface area contributed by atoms with Crippen molar-refractivity contribution in [3.05, 3.63) is 28.8 Å². The highest BCUT2D eigenvalue weighted by Crippen LogP contribution is 2.19. The van der Waals surface area contributed by atoms with Gasteiger partial charge in [-0.25, -0.2) is 0 Å². The van der Waals surface area contributed by atoms with E-state index in [2.05, 4.69) is 5.32 Å². The maximum atomic E-state index is 11.4. The van der Waals surface area contributed by atoms with Crippen LogP contribution in [0.4, 0.5) is 5.69 Å². The molecule has 1 atom stereocenters. The molecule has 0 bridgehead atoms. The zero-order valence-electron chi connectivity index (χ0n) is 9.29. The fourth-order valence-corrected chi connectivity index (χ4v) is 1.36. The lowest BCUT2D eigenvalue weighted by atomic mass is 10.2. The first-order chi connectivity index (χ1) is 6.99. The summed E-state index contributed by atoms with van der Waals surface area (Å²) in [5.74, 6) is -0.0927. The number of amides is 1. The molecular weight excluding hydrogens is 247 g/mol. The van der Waals surface area contributed by atoms with Gasteiger partial charge in [-0.1, -0.05) is 17.7 Å². The van der Waals surface area contributed by atoms with Gasteiger partial charge in [-0.05, 0) is 31.5 Å². The fourth-order valence-electron chi connectivity index (χ4n) is 1.18. The van der Waals surface area contributed by atoms with Crippen molar-refractivity contribution >= 4 is 35.6 Å². The fraction of sp³-hybridized carbons (Fsp3) is 0.364. The van der Waals surface area contributed by atoms with Crippen molar-refractivity contribution in [3.8, 4) is 0 Å². The van der Waals surface area contributed by atoms with Crippen LogP contribution in [0.15, 0.2) is 18.2 Å². The van der Waals surface area contributed by atoms with Gasteiger partial charge >= 0.3 is 0 Å². The largest absolute Gasteiger partial charge is 0.327 e. The molecule has 3 nitrogen and oxygen atoms in total. The summed E-state index contributed by atoms with van der Waals surface area (Å²) in [6.45, 7) is 3.71. The molecule has 1 aromatic carbocycles. The van der Waals surface area contributed by atoms with Crippen molar-refractivity contribution in [3.63, 3.8) is 0 Å². The predicted octanol–water partition coefficient (Wildman–Crippen LogP) is 2.75. The quantitative estimate of drug-likeness (QED) is 0.880. The molecule has 0 heterocycles. The Labute approximate surface area is 107 Å². The average Bonchev–Trinajstić information content (AvgIpc) is 2.10. The Morgan fingerprint density at radius 1 is 1.56 bits per heavy atom. The van der Waals surface area contributed by atoms with Gasteiger partial charge in [0.15, 0.2) is 0 Å². The highest BCUT2D eigenvalue weighted by atomic mass is 35.5. The van der Waals surface area contributed by atoms with E-state index in [4.69, 9.17) is 17.3 Å². The number of rotatable bonds is 3. The zero-order valence-corrected chi connectivity index (χ0v) is 10.9. The molecule has 3 N–H and O–H groups in total. The van der Waals surface area contributed by atoms with Crippen LogP contribution in [0, 0.1) is 6.92 Å². The number of carbonyl (C=O) groups excluding carboxylic acids is 1. The van der Waals surface area contributed by atoms with Crippen LogP contribution < -0.4 is 11.1 Å². The summed E-state index contributed by atoms with van der Waals surface area (Å²) in [6, 6.07) is 5.28. The van der Waals surface area contributed by atoms with Crippen molar-refractivity contribution in [2.45, 2.75) is 26.3 Å². The Bertz CT molecular complexity index is 367. The number of benzene rings is 1. The van der Waals surface area contributed by atoms with E-state index in [0.717, 1.165) is 5.56 Å². The van der Waals surface area contributed by atoms with Crippen LogP contribution >= 0.6 is 24.0 Å². The maximum absolute atomic E-state index is 11.4. The summed E-state index contributed by atoms with van der Waals surface area (Å²) in [4.78, 5) is 11.4. The van der Waals surface area contributed by atoms with E-state index in [9.17, 15) is 4.79 Å². The van der Waals surface area contributed by atoms with Crippen LogP contribution in [0.25, 0.3) is 0 Å². The van der Waals surface area contributed by atoms with Crippen LogP contribution in [-0.2, 0) is 4.79 Å². The molecule has 0 aliphatic carbocycles. The van der Waals surface area contributed by atoms with E-state index >= 15 is 0 Å². The van der Waals surface area contributed by atoms with Crippen LogP contribution in [-0.4, -0.2) is 11.9 Å². The lowest BCUT2D eigenvalue weighted by molar-refractivity contribution is -0.116. The van der Waals surface area contributed by atoms with Gasteiger partial charge in [0.2, 0.25) is 5.91 Å². The van der Waals surface area contributed by atoms with Gasteiger partial charge in [0, 0.05) is 23.2 Å². The molecule has 0 aliphatic rings. The number of nitrogens with two attached hydrogens (primary N) is 1. The third kappa shape index (κ3) is 4.84. The molecule has 0 saturated heterocycles. The smallest absolute Gasteiger partial charge is 0.225 e. The molecule has 0 aromatic heterocycles. The van der Waals surface area contributed by atoms with E-state index in [1.807, 2.05) is 19.1 Å². The molecule has 16 heavy (non-hydrogen) atoms. The van der Waals surface area contributed by atoms with Crippen LogP contribution in [0.3, 0.4) is 0 Å². The van der Waals surface area contributed by atoms with E-state index < -0.39 is 0 Å². The Morgan fingerprint density at radius 2 is 2.19 bits per heavy atom. The molecule has 1 amide bonds. The van der Waals surface area contributed by atoms with Crippen molar-refractivity contribution in [2.24, 2.45) is 5.73 Å². The Morgan fingerprint density at radius 3 is 2.69 bits per heavy atom. The molecule has 0 fully saturated rings. The van der Waals surface area contributed by atoms with Crippen molar-refractivity contribution < 1.29 is 4.79 Å². The second-order valence-electron chi connectivity index (χ2n) is 3.69. The lowest BCUT2D eigenvalue weighted by Crippen LogP contribution is -2.23. The molecule has 1 unspecified atom stereocenters. The van der Waals surface area contributed by atoms with Crippen LogP contribution in [0.5, 0.6) is 0 Å². The molecule has 90 valence electrons. The predicted molar refractivity (Wildman–Crippen MR) is 70.3 cm³/mol. The minimum Gasteiger partial charge on any atom is -0.327 e. The SMILES string of the molecule is Cc1ccc(NC(=O)CC(C)N)cc1Cl.Cl. The van der Waals surface area contributed by atoms with E-state index in [1.165, 1.54) is 0 Å². The van der Waals surface area contributed by atoms with E-state index in [0.29, 0.717) is 17.1 Å². The first-order valence-corrected chi connectivity index (χ1v) is 5.18. The lowest BCUT2D eigenvalue weighted by Gasteiger charge is -2.08. The highest BCUT2D eigenvalue weighted by Gasteiger charge is 2.06. The van der Waals surface area contributed by atoms with Gasteiger partial charge in [0.1, 0.15) is 0 Å². The average molecular weight is 263 g/mol. The summed E-state index contributed by atoms with van der Waals surface area (Å²) < 4.78 is 0. The molecule has 1 rings (SSSR count). The topological polar surface area (TPSA) is 55.1 Å². The number of anilines is 1. The number of halogens is 2. The monoisotopic (exact) mass is 262 g/mol. The molecule has 0 aliphatic heterocycles. The second-order valence-corrected chi connectivity index (χ2v) is 4.10. The number of nitrogens with one attached hydrogen (secondary N) is 1. The third-order valence-electron chi connectivity index (χ3n) is 1.96. The standard InChI is InChI=1S/C11H15ClN2O.ClH/c1-7-3-4-9(6-10(7)12)14-11(15)5-8(2)13;/h3-4,6,8H,5,13H2,1-2H3,(H,14,15);1H. The minimum atomic E-state index is -0.133.